The van der Waals surface area contributed by atoms with Crippen LogP contribution in [-0.4, -0.2) is 35.7 Å². The van der Waals surface area contributed by atoms with E-state index in [9.17, 15) is 0 Å². The number of hydrogen-bond acceptors (Lipinski definition) is 2. The average molecular weight is 198 g/mol. The summed E-state index contributed by atoms with van der Waals surface area (Å²) in [5.41, 5.74) is 1.60. The molecule has 74 valence electrons. The van der Waals surface area contributed by atoms with Gasteiger partial charge in [-0.05, 0) is 19.3 Å². The quantitative estimate of drug-likeness (QED) is 0.593. The summed E-state index contributed by atoms with van der Waals surface area (Å²) < 4.78 is 2.30. The predicted octanol–water partition coefficient (Wildman–Crippen LogP) is 1.85. The van der Waals surface area contributed by atoms with Crippen molar-refractivity contribution in [3.8, 4) is 0 Å². The summed E-state index contributed by atoms with van der Waals surface area (Å²) >= 11 is 0. The summed E-state index contributed by atoms with van der Waals surface area (Å²) in [4.78, 5) is 2.58. The van der Waals surface area contributed by atoms with Crippen molar-refractivity contribution in [2.24, 2.45) is 0 Å². The first-order valence-electron chi connectivity index (χ1n) is 5.30. The summed E-state index contributed by atoms with van der Waals surface area (Å²) in [5, 5.41) is 0. The minimum atomic E-state index is 1.11. The molecule has 1 fully saturated rings. The van der Waals surface area contributed by atoms with Crippen LogP contribution in [0, 0.1) is 0 Å². The standard InChI is InChI=1S/C10H19N2P/c13-12-8-4-10(5-9-12)11-6-2-1-3-7-11/h4H,1-3,5-9,13H2. The normalized spacial score (nSPS) is 25.9. The molecule has 2 heterocycles. The first-order chi connectivity index (χ1) is 6.36. The molecule has 0 bridgehead atoms. The van der Waals surface area contributed by atoms with E-state index in [1.807, 2.05) is 0 Å². The zero-order valence-electron chi connectivity index (χ0n) is 8.21. The molecular formula is C10H19N2P. The van der Waals surface area contributed by atoms with Gasteiger partial charge in [-0.1, -0.05) is 15.5 Å². The van der Waals surface area contributed by atoms with Crippen molar-refractivity contribution < 1.29 is 0 Å². The van der Waals surface area contributed by atoms with Gasteiger partial charge in [0.05, 0.1) is 0 Å². The highest BCUT2D eigenvalue weighted by Crippen LogP contribution is 2.21. The molecule has 0 saturated carbocycles. The molecule has 0 amide bonds. The van der Waals surface area contributed by atoms with Gasteiger partial charge in [0.1, 0.15) is 0 Å². The van der Waals surface area contributed by atoms with Crippen LogP contribution in [0.1, 0.15) is 25.7 Å². The molecule has 13 heavy (non-hydrogen) atoms. The van der Waals surface area contributed by atoms with Crippen molar-refractivity contribution in [1.82, 2.24) is 9.57 Å². The lowest BCUT2D eigenvalue weighted by Gasteiger charge is -2.34. The van der Waals surface area contributed by atoms with Crippen LogP contribution in [0.5, 0.6) is 0 Å². The van der Waals surface area contributed by atoms with Gasteiger partial charge in [-0.3, -0.25) is 4.67 Å². The van der Waals surface area contributed by atoms with Crippen molar-refractivity contribution in [2.75, 3.05) is 26.2 Å². The molecule has 2 aliphatic heterocycles. The lowest BCUT2D eigenvalue weighted by molar-refractivity contribution is 0.264. The first kappa shape index (κ1) is 9.48. The van der Waals surface area contributed by atoms with Crippen LogP contribution in [-0.2, 0) is 0 Å². The van der Waals surface area contributed by atoms with Crippen LogP contribution in [0.15, 0.2) is 11.8 Å². The Morgan fingerprint density at radius 3 is 2.46 bits per heavy atom. The largest absolute Gasteiger partial charge is 0.375 e. The highest BCUT2D eigenvalue weighted by molar-refractivity contribution is 7.13. The summed E-state index contributed by atoms with van der Waals surface area (Å²) in [7, 11) is 2.78. The fourth-order valence-electron chi connectivity index (χ4n) is 2.14. The fraction of sp³-hybridized carbons (Fsp3) is 0.800. The molecule has 0 aromatic carbocycles. The summed E-state index contributed by atoms with van der Waals surface area (Å²) in [5.74, 6) is 0. The molecular weight excluding hydrogens is 179 g/mol. The topological polar surface area (TPSA) is 6.48 Å². The van der Waals surface area contributed by atoms with E-state index in [0.717, 1.165) is 6.54 Å². The fourth-order valence-corrected chi connectivity index (χ4v) is 2.38. The van der Waals surface area contributed by atoms with Crippen molar-refractivity contribution in [3.05, 3.63) is 11.8 Å². The molecule has 0 aromatic heterocycles. The summed E-state index contributed by atoms with van der Waals surface area (Å²) in [6.07, 6.45) is 7.84. The second-order valence-electron chi connectivity index (χ2n) is 3.99. The first-order valence-corrected chi connectivity index (χ1v) is 5.81. The monoisotopic (exact) mass is 198 g/mol. The highest BCUT2D eigenvalue weighted by atomic mass is 31.0. The second kappa shape index (κ2) is 4.43. The van der Waals surface area contributed by atoms with Crippen LogP contribution < -0.4 is 0 Å². The van der Waals surface area contributed by atoms with Gasteiger partial charge in [-0.15, -0.1) is 0 Å². The van der Waals surface area contributed by atoms with E-state index >= 15 is 0 Å². The molecule has 0 aromatic rings. The Kier molecular flexibility index (Phi) is 3.23. The van der Waals surface area contributed by atoms with E-state index in [1.54, 1.807) is 5.70 Å². The Morgan fingerprint density at radius 1 is 1.08 bits per heavy atom. The Morgan fingerprint density at radius 2 is 1.85 bits per heavy atom. The minimum Gasteiger partial charge on any atom is -0.375 e. The molecule has 0 aliphatic carbocycles. The molecule has 0 radical (unpaired) electrons. The van der Waals surface area contributed by atoms with E-state index in [0.29, 0.717) is 0 Å². The van der Waals surface area contributed by atoms with Crippen LogP contribution in [0.3, 0.4) is 0 Å². The maximum absolute atomic E-state index is 2.78. The zero-order chi connectivity index (χ0) is 9.10. The van der Waals surface area contributed by atoms with Gasteiger partial charge >= 0.3 is 0 Å². The molecule has 1 unspecified atom stereocenters. The highest BCUT2D eigenvalue weighted by Gasteiger charge is 2.16. The van der Waals surface area contributed by atoms with Gasteiger partial charge in [-0.2, -0.15) is 0 Å². The van der Waals surface area contributed by atoms with Crippen LogP contribution in [0.4, 0.5) is 0 Å². The third-order valence-corrected chi connectivity index (χ3v) is 3.45. The number of piperidine rings is 1. The molecule has 2 nitrogen and oxygen atoms in total. The number of hydrogen-bond donors (Lipinski definition) is 0. The van der Waals surface area contributed by atoms with Gasteiger partial charge in [0.15, 0.2) is 0 Å². The van der Waals surface area contributed by atoms with Crippen molar-refractivity contribution >= 4 is 9.39 Å². The van der Waals surface area contributed by atoms with Gasteiger partial charge in [0.2, 0.25) is 0 Å². The number of likely N-dealkylation sites (tertiary alicyclic amines) is 1. The van der Waals surface area contributed by atoms with Crippen LogP contribution >= 0.6 is 9.39 Å². The SMILES string of the molecule is PN1CC=C(N2CCCCC2)CC1. The third-order valence-electron chi connectivity index (χ3n) is 2.98. The molecule has 3 heteroatoms. The van der Waals surface area contributed by atoms with Crippen molar-refractivity contribution in [3.63, 3.8) is 0 Å². The maximum Gasteiger partial charge on any atom is 0.0217 e. The predicted molar refractivity (Wildman–Crippen MR) is 59.4 cm³/mol. The summed E-state index contributed by atoms with van der Waals surface area (Å²) in [6.45, 7) is 4.90. The molecule has 1 saturated heterocycles. The van der Waals surface area contributed by atoms with Gasteiger partial charge in [0.25, 0.3) is 0 Å². The Balaban J connectivity index is 1.92. The lowest BCUT2D eigenvalue weighted by atomic mass is 10.1. The Labute approximate surface area is 83.2 Å². The van der Waals surface area contributed by atoms with Gasteiger partial charge < -0.3 is 4.90 Å². The van der Waals surface area contributed by atoms with Gasteiger partial charge in [-0.25, -0.2) is 0 Å². The van der Waals surface area contributed by atoms with E-state index in [1.165, 1.54) is 45.3 Å². The maximum atomic E-state index is 2.78. The van der Waals surface area contributed by atoms with E-state index in [4.69, 9.17) is 0 Å². The number of nitrogens with zero attached hydrogens (tertiary/aromatic N) is 2. The molecule has 0 spiro atoms. The van der Waals surface area contributed by atoms with E-state index in [-0.39, 0.29) is 0 Å². The van der Waals surface area contributed by atoms with E-state index in [2.05, 4.69) is 25.0 Å². The minimum absolute atomic E-state index is 1.11. The van der Waals surface area contributed by atoms with Crippen molar-refractivity contribution in [1.29, 1.82) is 0 Å². The average Bonchev–Trinajstić information content (AvgIpc) is 2.20. The zero-order valence-corrected chi connectivity index (χ0v) is 9.36. The van der Waals surface area contributed by atoms with Crippen LogP contribution in [0.25, 0.3) is 0 Å². The summed E-state index contributed by atoms with van der Waals surface area (Å²) in [6, 6.07) is 0. The van der Waals surface area contributed by atoms with Crippen molar-refractivity contribution in [2.45, 2.75) is 25.7 Å². The number of rotatable bonds is 1. The molecule has 1 atom stereocenters. The molecule has 2 rings (SSSR count). The Hall–Kier alpha value is -0.0700. The molecule has 0 N–H and O–H groups in total. The molecule has 2 aliphatic rings. The lowest BCUT2D eigenvalue weighted by Crippen LogP contribution is -2.33. The second-order valence-corrected chi connectivity index (χ2v) is 4.72. The van der Waals surface area contributed by atoms with Gasteiger partial charge in [0, 0.05) is 38.3 Å². The smallest absolute Gasteiger partial charge is 0.0217 e. The van der Waals surface area contributed by atoms with Crippen LogP contribution in [0.2, 0.25) is 0 Å². The van der Waals surface area contributed by atoms with E-state index < -0.39 is 0 Å². The third kappa shape index (κ3) is 2.45. The Bertz CT molecular complexity index is 197.